The molecule has 0 radical (unpaired) electrons. The van der Waals surface area contributed by atoms with Gasteiger partial charge in [-0.2, -0.15) is 5.10 Å². The Bertz CT molecular complexity index is 645. The molecule has 1 aliphatic rings. The number of carbonyl (C=O) groups excluding carboxylic acids is 1. The van der Waals surface area contributed by atoms with Crippen LogP contribution in [0, 0.1) is 0 Å². The molecule has 2 N–H and O–H groups in total. The third kappa shape index (κ3) is 2.83. The van der Waals surface area contributed by atoms with Crippen molar-refractivity contribution in [3.05, 3.63) is 42.1 Å². The van der Waals surface area contributed by atoms with E-state index >= 15 is 0 Å². The number of nitrogens with zero attached hydrogens (tertiary/aromatic N) is 2. The van der Waals surface area contributed by atoms with Crippen molar-refractivity contribution in [3.8, 4) is 11.3 Å². The predicted octanol–water partition coefficient (Wildman–Crippen LogP) is 1.73. The summed E-state index contributed by atoms with van der Waals surface area (Å²) in [5.74, 6) is -0.192. The number of rotatable bonds is 4. The summed E-state index contributed by atoms with van der Waals surface area (Å²) in [6.07, 6.45) is 4.24. The van der Waals surface area contributed by atoms with Crippen molar-refractivity contribution >= 4 is 5.91 Å². The van der Waals surface area contributed by atoms with Crippen molar-refractivity contribution in [3.63, 3.8) is 0 Å². The van der Waals surface area contributed by atoms with Crippen LogP contribution in [-0.2, 0) is 7.05 Å². The molecule has 3 rings (SSSR count). The van der Waals surface area contributed by atoms with Crippen LogP contribution in [0.25, 0.3) is 11.3 Å². The predicted molar refractivity (Wildman–Crippen MR) is 79.8 cm³/mol. The third-order valence-electron chi connectivity index (χ3n) is 3.98. The van der Waals surface area contributed by atoms with Crippen LogP contribution in [0.15, 0.2) is 36.5 Å². The highest BCUT2D eigenvalue weighted by Crippen LogP contribution is 2.30. The molecular weight excluding hydrogens is 266 g/mol. The highest BCUT2D eigenvalue weighted by atomic mass is 16.3. The minimum absolute atomic E-state index is 0.192. The summed E-state index contributed by atoms with van der Waals surface area (Å²) in [7, 11) is 1.79. The maximum atomic E-state index is 12.4. The van der Waals surface area contributed by atoms with Gasteiger partial charge in [0.1, 0.15) is 5.69 Å². The van der Waals surface area contributed by atoms with Crippen LogP contribution in [-0.4, -0.2) is 32.9 Å². The van der Waals surface area contributed by atoms with Crippen molar-refractivity contribution in [2.24, 2.45) is 7.05 Å². The Morgan fingerprint density at radius 3 is 2.71 bits per heavy atom. The lowest BCUT2D eigenvalue weighted by Crippen LogP contribution is -2.47. The molecule has 0 saturated heterocycles. The van der Waals surface area contributed by atoms with Crippen molar-refractivity contribution in [1.29, 1.82) is 0 Å². The molecule has 0 spiro atoms. The van der Waals surface area contributed by atoms with E-state index in [0.29, 0.717) is 17.8 Å². The Hall–Kier alpha value is -2.14. The number of aryl methyl sites for hydroxylation is 1. The fourth-order valence-electron chi connectivity index (χ4n) is 2.57. The maximum absolute atomic E-state index is 12.4. The van der Waals surface area contributed by atoms with Crippen LogP contribution in [0.4, 0.5) is 0 Å². The lowest BCUT2D eigenvalue weighted by Gasteiger charge is -2.36. The Kier molecular flexibility index (Phi) is 3.51. The number of aromatic nitrogens is 2. The van der Waals surface area contributed by atoms with Gasteiger partial charge in [0, 0.05) is 25.4 Å². The van der Waals surface area contributed by atoms with Crippen molar-refractivity contribution in [1.82, 2.24) is 15.1 Å². The molecule has 5 heteroatoms. The number of carbonyl (C=O) groups is 1. The second kappa shape index (κ2) is 5.33. The van der Waals surface area contributed by atoms with Crippen molar-refractivity contribution in [2.75, 3.05) is 6.54 Å². The second-order valence-corrected chi connectivity index (χ2v) is 5.69. The molecule has 1 heterocycles. The van der Waals surface area contributed by atoms with Crippen molar-refractivity contribution < 1.29 is 9.90 Å². The van der Waals surface area contributed by atoms with Crippen LogP contribution in [0.3, 0.4) is 0 Å². The van der Waals surface area contributed by atoms with E-state index < -0.39 is 5.60 Å². The normalized spacial score (nSPS) is 16.3. The summed E-state index contributed by atoms with van der Waals surface area (Å²) in [6.45, 7) is 0.301. The zero-order valence-corrected chi connectivity index (χ0v) is 12.0. The molecule has 21 heavy (non-hydrogen) atoms. The number of aliphatic hydroxyl groups is 1. The molecular formula is C16H19N3O2. The summed E-state index contributed by atoms with van der Waals surface area (Å²) in [4.78, 5) is 12.4. The van der Waals surface area contributed by atoms with Crippen LogP contribution < -0.4 is 5.32 Å². The largest absolute Gasteiger partial charge is 0.388 e. The molecule has 0 atom stereocenters. The van der Waals surface area contributed by atoms with Gasteiger partial charge >= 0.3 is 0 Å². The van der Waals surface area contributed by atoms with Crippen LogP contribution >= 0.6 is 0 Å². The van der Waals surface area contributed by atoms with Gasteiger partial charge in [-0.1, -0.05) is 30.3 Å². The van der Waals surface area contributed by atoms with Gasteiger partial charge in [0.25, 0.3) is 5.91 Å². The summed E-state index contributed by atoms with van der Waals surface area (Å²) >= 11 is 0. The standard InChI is InChI=1S/C16H19N3O2/c1-19-10-13(14(18-19)12-6-3-2-4-7-12)15(20)17-11-16(21)8-5-9-16/h2-4,6-7,10,21H,5,8-9,11H2,1H3,(H,17,20). The van der Waals surface area contributed by atoms with Gasteiger partial charge < -0.3 is 10.4 Å². The van der Waals surface area contributed by atoms with E-state index in [-0.39, 0.29) is 5.91 Å². The quantitative estimate of drug-likeness (QED) is 0.899. The molecule has 1 saturated carbocycles. The van der Waals surface area contributed by atoms with Crippen LogP contribution in [0.1, 0.15) is 29.6 Å². The van der Waals surface area contributed by atoms with Gasteiger partial charge in [-0.15, -0.1) is 0 Å². The van der Waals surface area contributed by atoms with Gasteiger partial charge in [-0.3, -0.25) is 9.48 Å². The first-order chi connectivity index (χ1) is 10.1. The molecule has 0 aliphatic heterocycles. The Balaban J connectivity index is 1.80. The molecule has 1 aromatic heterocycles. The SMILES string of the molecule is Cn1cc(C(=O)NCC2(O)CCC2)c(-c2ccccc2)n1. The smallest absolute Gasteiger partial charge is 0.255 e. The topological polar surface area (TPSA) is 67.2 Å². The van der Waals surface area contributed by atoms with E-state index in [1.165, 1.54) is 0 Å². The zero-order valence-electron chi connectivity index (χ0n) is 12.0. The number of hydrogen-bond donors (Lipinski definition) is 2. The molecule has 1 aromatic carbocycles. The van der Waals surface area contributed by atoms with E-state index in [4.69, 9.17) is 0 Å². The summed E-state index contributed by atoms with van der Waals surface area (Å²) in [6, 6.07) is 9.63. The van der Waals surface area contributed by atoms with Gasteiger partial charge in [0.15, 0.2) is 0 Å². The Morgan fingerprint density at radius 1 is 1.38 bits per heavy atom. The van der Waals surface area contributed by atoms with Gasteiger partial charge in [0.2, 0.25) is 0 Å². The maximum Gasteiger partial charge on any atom is 0.255 e. The molecule has 110 valence electrons. The van der Waals surface area contributed by atoms with Gasteiger partial charge in [-0.25, -0.2) is 0 Å². The Morgan fingerprint density at radius 2 is 2.10 bits per heavy atom. The highest BCUT2D eigenvalue weighted by Gasteiger charge is 2.34. The fraction of sp³-hybridized carbons (Fsp3) is 0.375. The number of benzene rings is 1. The summed E-state index contributed by atoms with van der Waals surface area (Å²) in [5.41, 5.74) is 1.39. The molecule has 1 aliphatic carbocycles. The molecule has 5 nitrogen and oxygen atoms in total. The van der Waals surface area contributed by atoms with Crippen LogP contribution in [0.2, 0.25) is 0 Å². The van der Waals surface area contributed by atoms with Gasteiger partial charge in [-0.05, 0) is 19.3 Å². The van der Waals surface area contributed by atoms with E-state index in [2.05, 4.69) is 10.4 Å². The van der Waals surface area contributed by atoms with Crippen molar-refractivity contribution in [2.45, 2.75) is 24.9 Å². The lowest BCUT2D eigenvalue weighted by molar-refractivity contribution is -0.0300. The first-order valence-electron chi connectivity index (χ1n) is 7.17. The Labute approximate surface area is 123 Å². The molecule has 0 bridgehead atoms. The number of nitrogens with one attached hydrogen (secondary N) is 1. The highest BCUT2D eigenvalue weighted by molar-refractivity contribution is 5.99. The van der Waals surface area contributed by atoms with Gasteiger partial charge in [0.05, 0.1) is 11.2 Å². The first kappa shape index (κ1) is 13.8. The minimum Gasteiger partial charge on any atom is -0.388 e. The summed E-state index contributed by atoms with van der Waals surface area (Å²) in [5, 5.41) is 17.3. The molecule has 0 unspecified atom stereocenters. The minimum atomic E-state index is -0.717. The number of amides is 1. The average Bonchev–Trinajstić information content (AvgIpc) is 2.86. The molecule has 2 aromatic rings. The second-order valence-electron chi connectivity index (χ2n) is 5.69. The van der Waals surface area contributed by atoms with E-state index in [9.17, 15) is 9.90 Å². The molecule has 1 fully saturated rings. The first-order valence-corrected chi connectivity index (χ1v) is 7.17. The van der Waals surface area contributed by atoms with E-state index in [0.717, 1.165) is 24.8 Å². The summed E-state index contributed by atoms with van der Waals surface area (Å²) < 4.78 is 1.63. The fourth-order valence-corrected chi connectivity index (χ4v) is 2.57. The third-order valence-corrected chi connectivity index (χ3v) is 3.98. The lowest BCUT2D eigenvalue weighted by atomic mass is 9.80. The van der Waals surface area contributed by atoms with E-state index in [1.54, 1.807) is 17.9 Å². The zero-order chi connectivity index (χ0) is 14.9. The number of hydrogen-bond acceptors (Lipinski definition) is 3. The monoisotopic (exact) mass is 285 g/mol. The van der Waals surface area contributed by atoms with Crippen LogP contribution in [0.5, 0.6) is 0 Å². The molecule has 1 amide bonds. The van der Waals surface area contributed by atoms with E-state index in [1.807, 2.05) is 30.3 Å². The average molecular weight is 285 g/mol.